The Morgan fingerprint density at radius 3 is 2.11 bits per heavy atom. The summed E-state index contributed by atoms with van der Waals surface area (Å²) in [5, 5.41) is 7.54. The average Bonchev–Trinajstić information content (AvgIpc) is 3.27. The molecule has 0 spiro atoms. The fourth-order valence-corrected chi connectivity index (χ4v) is 5.47. The van der Waals surface area contributed by atoms with Crippen LogP contribution in [-0.2, 0) is 50.1 Å². The molecule has 2 aromatic rings. The van der Waals surface area contributed by atoms with Crippen LogP contribution < -0.4 is 10.1 Å². The maximum atomic E-state index is 12.4. The number of nitrogens with zero attached hydrogens (tertiary/aromatic N) is 3. The Labute approximate surface area is 268 Å². The molecule has 1 aliphatic heterocycles. The minimum Gasteiger partial charge on any atom is -0.486 e. The summed E-state index contributed by atoms with van der Waals surface area (Å²) in [6.45, 7) is 15.0. The molecule has 1 aromatic heterocycles. The summed E-state index contributed by atoms with van der Waals surface area (Å²) in [5.41, 5.74) is 1.16. The van der Waals surface area contributed by atoms with Crippen LogP contribution in [0, 0.1) is 4.77 Å². The molecule has 1 fully saturated rings. The molecule has 0 radical (unpaired) electrons. The number of hydrogen-bond acceptors (Lipinski definition) is 11. The first-order chi connectivity index (χ1) is 21.0. The second-order valence-corrected chi connectivity index (χ2v) is 12.4. The molecule has 0 bridgehead atoms. The Hall–Kier alpha value is -3.78. The van der Waals surface area contributed by atoms with E-state index in [1.165, 1.54) is 32.4 Å². The molecule has 1 amide bonds. The molecule has 45 heavy (non-hydrogen) atoms. The van der Waals surface area contributed by atoms with E-state index in [4.69, 9.17) is 41.0 Å². The van der Waals surface area contributed by atoms with Gasteiger partial charge in [0.05, 0.1) is 0 Å². The standard InChI is InChI=1S/C31H44N4O9S/c1-10-17(2)34-25(16-41-23-13-11-22(12-14-23)31(7,8)9)33-35(30(34)45)29-26(32-18(3)36)28(43-21(6)39)27(42-20(5)38)24(44-29)15-40-19(4)37/h11-14,17,24,26-29H,10,15-16H2,1-9H3,(H,32,36)/t17?,24-,26-,27-,28-,29-/m1/s1. The van der Waals surface area contributed by atoms with Crippen LogP contribution in [-0.4, -0.2) is 69.1 Å². The van der Waals surface area contributed by atoms with Gasteiger partial charge >= 0.3 is 17.9 Å². The van der Waals surface area contributed by atoms with Gasteiger partial charge in [0.25, 0.3) is 0 Å². The predicted molar refractivity (Wildman–Crippen MR) is 165 cm³/mol. The first-order valence-electron chi connectivity index (χ1n) is 14.9. The lowest BCUT2D eigenvalue weighted by Crippen LogP contribution is -2.64. The van der Waals surface area contributed by atoms with Gasteiger partial charge in [0, 0.05) is 33.7 Å². The van der Waals surface area contributed by atoms with Crippen LogP contribution in [0.25, 0.3) is 0 Å². The van der Waals surface area contributed by atoms with Gasteiger partial charge in [0.15, 0.2) is 24.3 Å². The maximum absolute atomic E-state index is 12.4. The second kappa shape index (κ2) is 15.0. The third kappa shape index (κ3) is 9.13. The largest absolute Gasteiger partial charge is 0.486 e. The summed E-state index contributed by atoms with van der Waals surface area (Å²) in [7, 11) is 0. The highest BCUT2D eigenvalue weighted by Gasteiger charge is 2.52. The number of rotatable bonds is 11. The summed E-state index contributed by atoms with van der Waals surface area (Å²) >= 11 is 5.90. The van der Waals surface area contributed by atoms with E-state index in [0.29, 0.717) is 18.0 Å². The summed E-state index contributed by atoms with van der Waals surface area (Å²) in [5.74, 6) is -1.33. The van der Waals surface area contributed by atoms with Crippen LogP contribution in [0.3, 0.4) is 0 Å². The van der Waals surface area contributed by atoms with E-state index in [0.717, 1.165) is 5.56 Å². The number of nitrogens with one attached hydrogen (secondary N) is 1. The van der Waals surface area contributed by atoms with Gasteiger partial charge in [-0.15, -0.1) is 0 Å². The number of esters is 3. The summed E-state index contributed by atoms with van der Waals surface area (Å²) in [4.78, 5) is 48.5. The number of amides is 1. The normalized spacial score (nSPS) is 22.2. The van der Waals surface area contributed by atoms with Crippen molar-refractivity contribution >= 4 is 36.0 Å². The van der Waals surface area contributed by atoms with Crippen molar-refractivity contribution in [3.05, 3.63) is 40.4 Å². The number of hydrogen-bond donors (Lipinski definition) is 1. The average molecular weight is 649 g/mol. The van der Waals surface area contributed by atoms with Crippen molar-refractivity contribution in [1.82, 2.24) is 19.7 Å². The first kappa shape index (κ1) is 35.7. The van der Waals surface area contributed by atoms with Gasteiger partial charge in [-0.25, -0.2) is 4.68 Å². The molecule has 1 N–H and O–H groups in total. The smallest absolute Gasteiger partial charge is 0.303 e. The number of aromatic nitrogens is 3. The second-order valence-electron chi connectivity index (χ2n) is 12.1. The van der Waals surface area contributed by atoms with E-state index >= 15 is 0 Å². The van der Waals surface area contributed by atoms with Gasteiger partial charge < -0.3 is 29.0 Å². The molecule has 1 aliphatic rings. The summed E-state index contributed by atoms with van der Waals surface area (Å²) in [6.07, 6.45) is -4.02. The van der Waals surface area contributed by atoms with Crippen molar-refractivity contribution < 1.29 is 42.9 Å². The predicted octanol–water partition coefficient (Wildman–Crippen LogP) is 4.09. The zero-order valence-corrected chi connectivity index (χ0v) is 28.1. The van der Waals surface area contributed by atoms with Crippen LogP contribution in [0.15, 0.2) is 24.3 Å². The monoisotopic (exact) mass is 648 g/mol. The summed E-state index contributed by atoms with van der Waals surface area (Å²) in [6, 6.07) is 6.63. The topological polar surface area (TPSA) is 149 Å². The van der Waals surface area contributed by atoms with Crippen molar-refractivity contribution in [3.63, 3.8) is 0 Å². The van der Waals surface area contributed by atoms with E-state index in [-0.39, 0.29) is 29.4 Å². The van der Waals surface area contributed by atoms with Crippen LogP contribution >= 0.6 is 12.2 Å². The Morgan fingerprint density at radius 1 is 1.00 bits per heavy atom. The van der Waals surface area contributed by atoms with E-state index in [9.17, 15) is 19.2 Å². The van der Waals surface area contributed by atoms with Gasteiger partial charge in [-0.2, -0.15) is 5.10 Å². The van der Waals surface area contributed by atoms with Gasteiger partial charge in [-0.3, -0.25) is 23.7 Å². The zero-order valence-electron chi connectivity index (χ0n) is 27.3. The zero-order chi connectivity index (χ0) is 33.6. The molecule has 13 nitrogen and oxygen atoms in total. The third-order valence-corrected chi connectivity index (χ3v) is 7.74. The number of carbonyl (C=O) groups excluding carboxylic acids is 4. The Balaban J connectivity index is 2.10. The van der Waals surface area contributed by atoms with E-state index in [1.54, 1.807) is 0 Å². The number of carbonyl (C=O) groups is 4. The SMILES string of the molecule is CCC(C)n1c(COc2ccc(C(C)(C)C)cc2)nn([C@@H]2O[C@H](COC(C)=O)[C@@H](OC(C)=O)[C@H](OC(C)=O)[C@H]2NC(C)=O)c1=S. The van der Waals surface area contributed by atoms with Crippen molar-refractivity contribution in [3.8, 4) is 5.75 Å². The minimum absolute atomic E-state index is 0.00962. The van der Waals surface area contributed by atoms with E-state index in [2.05, 4.69) is 26.1 Å². The number of ether oxygens (including phenoxy) is 5. The van der Waals surface area contributed by atoms with Crippen LogP contribution in [0.2, 0.25) is 0 Å². The highest BCUT2D eigenvalue weighted by molar-refractivity contribution is 7.71. The Kier molecular flexibility index (Phi) is 11.9. The van der Waals surface area contributed by atoms with Crippen molar-refractivity contribution in [2.45, 2.75) is 117 Å². The van der Waals surface area contributed by atoms with Crippen molar-refractivity contribution in [2.75, 3.05) is 6.61 Å². The molecule has 3 rings (SSSR count). The highest BCUT2D eigenvalue weighted by atomic mass is 32.1. The van der Waals surface area contributed by atoms with Crippen LogP contribution in [0.4, 0.5) is 0 Å². The molecule has 1 aromatic carbocycles. The van der Waals surface area contributed by atoms with E-state index < -0.39 is 54.4 Å². The molecule has 14 heteroatoms. The molecule has 2 heterocycles. The Morgan fingerprint density at radius 2 is 1.60 bits per heavy atom. The highest BCUT2D eigenvalue weighted by Crippen LogP contribution is 2.34. The van der Waals surface area contributed by atoms with E-state index in [1.807, 2.05) is 42.7 Å². The molecule has 248 valence electrons. The molecule has 0 saturated carbocycles. The lowest BCUT2D eigenvalue weighted by Gasteiger charge is -2.45. The molecule has 6 atom stereocenters. The fraction of sp³-hybridized carbons (Fsp3) is 0.613. The number of benzene rings is 1. The molecular formula is C31H44N4O9S. The lowest BCUT2D eigenvalue weighted by molar-refractivity contribution is -0.239. The molecule has 1 unspecified atom stereocenters. The maximum Gasteiger partial charge on any atom is 0.303 e. The van der Waals surface area contributed by atoms with Crippen LogP contribution in [0.5, 0.6) is 5.75 Å². The lowest BCUT2D eigenvalue weighted by atomic mass is 9.87. The third-order valence-electron chi connectivity index (χ3n) is 7.35. The first-order valence-corrected chi connectivity index (χ1v) is 15.3. The Bertz CT molecular complexity index is 1430. The fourth-order valence-electron chi connectivity index (χ4n) is 5.04. The summed E-state index contributed by atoms with van der Waals surface area (Å²) < 4.78 is 32.3. The van der Waals surface area contributed by atoms with Crippen molar-refractivity contribution in [1.29, 1.82) is 0 Å². The van der Waals surface area contributed by atoms with Gasteiger partial charge in [-0.1, -0.05) is 39.8 Å². The quantitative estimate of drug-likeness (QED) is 0.213. The van der Waals surface area contributed by atoms with Gasteiger partial charge in [0.2, 0.25) is 10.7 Å². The molecule has 1 saturated heterocycles. The van der Waals surface area contributed by atoms with Gasteiger partial charge in [0.1, 0.15) is 31.1 Å². The minimum atomic E-state index is -1.24. The van der Waals surface area contributed by atoms with Gasteiger partial charge in [-0.05, 0) is 48.7 Å². The van der Waals surface area contributed by atoms with Crippen molar-refractivity contribution in [2.24, 2.45) is 0 Å². The van der Waals surface area contributed by atoms with Crippen LogP contribution in [0.1, 0.15) is 92.4 Å². The molecule has 0 aliphatic carbocycles. The molecular weight excluding hydrogens is 604 g/mol.